The van der Waals surface area contributed by atoms with Gasteiger partial charge in [-0.3, -0.25) is 14.8 Å². The molecule has 1 aliphatic carbocycles. The van der Waals surface area contributed by atoms with Crippen LogP contribution in [-0.4, -0.2) is 15.9 Å². The van der Waals surface area contributed by atoms with Crippen LogP contribution in [0.2, 0.25) is 0 Å². The molecule has 2 heterocycles. The molecular formula is C25H20Br2N4O. The molecule has 4 rings (SSSR count). The van der Waals surface area contributed by atoms with Crippen LogP contribution in [0.3, 0.4) is 0 Å². The number of amides is 1. The summed E-state index contributed by atoms with van der Waals surface area (Å²) in [5, 5.41) is 12.8. The molecular weight excluding hydrogens is 532 g/mol. The fraction of sp³-hybridized carbons (Fsp3) is 0.200. The Morgan fingerprint density at radius 1 is 1.09 bits per heavy atom. The fourth-order valence-corrected chi connectivity index (χ4v) is 5.18. The van der Waals surface area contributed by atoms with Gasteiger partial charge in [0, 0.05) is 27.5 Å². The summed E-state index contributed by atoms with van der Waals surface area (Å²) in [6.07, 6.45) is 10.5. The van der Waals surface area contributed by atoms with Gasteiger partial charge in [-0.2, -0.15) is 5.26 Å². The van der Waals surface area contributed by atoms with Gasteiger partial charge in [0.15, 0.2) is 0 Å². The Labute approximate surface area is 203 Å². The van der Waals surface area contributed by atoms with E-state index >= 15 is 0 Å². The van der Waals surface area contributed by atoms with Gasteiger partial charge in [0.2, 0.25) is 0 Å². The number of benzene rings is 1. The van der Waals surface area contributed by atoms with Gasteiger partial charge in [0.05, 0.1) is 11.2 Å². The number of nitriles is 1. The minimum atomic E-state index is -0.481. The zero-order valence-corrected chi connectivity index (χ0v) is 20.4. The summed E-state index contributed by atoms with van der Waals surface area (Å²) >= 11 is 6.79. The number of nitrogens with zero attached hydrogens (tertiary/aromatic N) is 3. The van der Waals surface area contributed by atoms with Gasteiger partial charge in [-0.1, -0.05) is 43.2 Å². The SMILES string of the molecule is N#CC(=Cc1ncc(Br)cc1Br)C(=O)NC1(c2ccc(-c3cccnc3)cc2)CCCC1. The summed E-state index contributed by atoms with van der Waals surface area (Å²) in [5.74, 6) is -0.387. The van der Waals surface area contributed by atoms with Crippen LogP contribution in [0.25, 0.3) is 17.2 Å². The number of rotatable bonds is 5. The summed E-state index contributed by atoms with van der Waals surface area (Å²) in [6.45, 7) is 0. The highest BCUT2D eigenvalue weighted by Crippen LogP contribution is 2.39. The van der Waals surface area contributed by atoms with Gasteiger partial charge in [-0.15, -0.1) is 0 Å². The Bertz CT molecular complexity index is 1190. The molecule has 1 aliphatic rings. The van der Waals surface area contributed by atoms with E-state index in [2.05, 4.69) is 71.4 Å². The summed E-state index contributed by atoms with van der Waals surface area (Å²) in [6, 6.07) is 16.0. The minimum absolute atomic E-state index is 0.0266. The molecule has 0 unspecified atom stereocenters. The Morgan fingerprint density at radius 3 is 2.47 bits per heavy atom. The van der Waals surface area contributed by atoms with Crippen molar-refractivity contribution >= 4 is 43.8 Å². The first-order valence-electron chi connectivity index (χ1n) is 10.3. The molecule has 0 radical (unpaired) electrons. The number of aromatic nitrogens is 2. The first-order valence-corrected chi connectivity index (χ1v) is 11.9. The first kappa shape index (κ1) is 22.4. The molecule has 0 saturated heterocycles. The smallest absolute Gasteiger partial charge is 0.262 e. The molecule has 0 spiro atoms. The Kier molecular flexibility index (Phi) is 6.83. The molecule has 1 N–H and O–H groups in total. The highest BCUT2D eigenvalue weighted by atomic mass is 79.9. The van der Waals surface area contributed by atoms with Crippen LogP contribution in [0.15, 0.2) is 75.6 Å². The predicted octanol–water partition coefficient (Wildman–Crippen LogP) is 6.16. The lowest BCUT2D eigenvalue weighted by atomic mass is 9.86. The minimum Gasteiger partial charge on any atom is -0.342 e. The molecule has 1 fully saturated rings. The van der Waals surface area contributed by atoms with E-state index in [1.54, 1.807) is 12.4 Å². The number of pyridine rings is 2. The maximum absolute atomic E-state index is 13.1. The van der Waals surface area contributed by atoms with E-state index < -0.39 is 5.54 Å². The van der Waals surface area contributed by atoms with Gasteiger partial charge in [-0.25, -0.2) is 0 Å². The Morgan fingerprint density at radius 2 is 1.84 bits per heavy atom. The van der Waals surface area contributed by atoms with Gasteiger partial charge in [0.25, 0.3) is 5.91 Å². The average Bonchev–Trinajstić information content (AvgIpc) is 3.29. The third-order valence-electron chi connectivity index (χ3n) is 5.72. The standard InChI is InChI=1S/C25H20Br2N4O/c26-21-13-22(27)23(30-16-21)12-19(14-28)24(32)31-25(9-1-2-10-25)20-7-5-17(6-8-20)18-4-3-11-29-15-18/h3-8,11-13,15-16H,1-2,9-10H2,(H,31,32). The van der Waals surface area contributed by atoms with E-state index in [4.69, 9.17) is 0 Å². The van der Waals surface area contributed by atoms with Crippen LogP contribution in [0, 0.1) is 11.3 Å². The second-order valence-corrected chi connectivity index (χ2v) is 9.52. The van der Waals surface area contributed by atoms with Crippen molar-refractivity contribution in [1.82, 2.24) is 15.3 Å². The lowest BCUT2D eigenvalue weighted by Gasteiger charge is -2.31. The van der Waals surface area contributed by atoms with Gasteiger partial charge in [0.1, 0.15) is 11.6 Å². The zero-order chi connectivity index (χ0) is 22.6. The largest absolute Gasteiger partial charge is 0.342 e. The van der Waals surface area contributed by atoms with Crippen molar-refractivity contribution in [3.63, 3.8) is 0 Å². The van der Waals surface area contributed by atoms with Crippen molar-refractivity contribution in [2.24, 2.45) is 0 Å². The molecule has 160 valence electrons. The lowest BCUT2D eigenvalue weighted by molar-refractivity contribution is -0.119. The molecule has 2 aromatic heterocycles. The number of hydrogen-bond acceptors (Lipinski definition) is 4. The normalized spacial score (nSPS) is 15.2. The first-order chi connectivity index (χ1) is 15.5. The quantitative estimate of drug-likeness (QED) is 0.304. The molecule has 0 aliphatic heterocycles. The van der Waals surface area contributed by atoms with Crippen LogP contribution in [0.4, 0.5) is 0 Å². The van der Waals surface area contributed by atoms with Gasteiger partial charge < -0.3 is 5.32 Å². The number of hydrogen-bond donors (Lipinski definition) is 1. The number of halogens is 2. The van der Waals surface area contributed by atoms with Crippen molar-refractivity contribution in [2.75, 3.05) is 0 Å². The molecule has 0 atom stereocenters. The van der Waals surface area contributed by atoms with Crippen molar-refractivity contribution in [2.45, 2.75) is 31.2 Å². The summed E-state index contributed by atoms with van der Waals surface area (Å²) in [5.41, 5.74) is 3.25. The number of carbonyl (C=O) groups is 1. The second kappa shape index (κ2) is 9.76. The van der Waals surface area contributed by atoms with Crippen molar-refractivity contribution < 1.29 is 4.79 Å². The van der Waals surface area contributed by atoms with Crippen LogP contribution in [-0.2, 0) is 10.3 Å². The maximum Gasteiger partial charge on any atom is 0.262 e. The molecule has 1 saturated carbocycles. The van der Waals surface area contributed by atoms with E-state index in [0.29, 0.717) is 10.2 Å². The van der Waals surface area contributed by atoms with Crippen molar-refractivity contribution in [3.8, 4) is 17.2 Å². The second-order valence-electron chi connectivity index (χ2n) is 7.75. The van der Waals surface area contributed by atoms with E-state index in [9.17, 15) is 10.1 Å². The van der Waals surface area contributed by atoms with Crippen LogP contribution in [0.1, 0.15) is 36.9 Å². The van der Waals surface area contributed by atoms with E-state index in [1.807, 2.05) is 30.5 Å². The Hall–Kier alpha value is -2.82. The molecule has 5 nitrogen and oxygen atoms in total. The van der Waals surface area contributed by atoms with Crippen molar-refractivity contribution in [3.05, 3.63) is 86.8 Å². The topological polar surface area (TPSA) is 78.7 Å². The molecule has 1 amide bonds. The molecule has 32 heavy (non-hydrogen) atoms. The summed E-state index contributed by atoms with van der Waals surface area (Å²) in [7, 11) is 0. The monoisotopic (exact) mass is 550 g/mol. The maximum atomic E-state index is 13.1. The highest BCUT2D eigenvalue weighted by Gasteiger charge is 2.37. The summed E-state index contributed by atoms with van der Waals surface area (Å²) < 4.78 is 1.51. The van der Waals surface area contributed by atoms with E-state index in [1.165, 1.54) is 6.08 Å². The molecule has 7 heteroatoms. The Balaban J connectivity index is 1.60. The zero-order valence-electron chi connectivity index (χ0n) is 17.2. The lowest BCUT2D eigenvalue weighted by Crippen LogP contribution is -2.44. The number of carbonyl (C=O) groups excluding carboxylic acids is 1. The van der Waals surface area contributed by atoms with Crippen LogP contribution in [0.5, 0.6) is 0 Å². The summed E-state index contributed by atoms with van der Waals surface area (Å²) in [4.78, 5) is 21.6. The third-order valence-corrected chi connectivity index (χ3v) is 6.79. The molecule has 3 aromatic rings. The van der Waals surface area contributed by atoms with Gasteiger partial charge in [-0.05, 0) is 79.6 Å². The molecule has 0 bridgehead atoms. The number of nitrogens with one attached hydrogen (secondary N) is 1. The highest BCUT2D eigenvalue weighted by molar-refractivity contribution is 9.11. The van der Waals surface area contributed by atoms with Crippen LogP contribution >= 0.6 is 31.9 Å². The van der Waals surface area contributed by atoms with E-state index in [-0.39, 0.29) is 11.5 Å². The average molecular weight is 552 g/mol. The molecule has 1 aromatic carbocycles. The third kappa shape index (κ3) is 4.82. The van der Waals surface area contributed by atoms with Gasteiger partial charge >= 0.3 is 0 Å². The van der Waals surface area contributed by atoms with E-state index in [0.717, 1.165) is 46.8 Å². The predicted molar refractivity (Wildman–Crippen MR) is 131 cm³/mol. The van der Waals surface area contributed by atoms with Crippen LogP contribution < -0.4 is 5.32 Å². The van der Waals surface area contributed by atoms with Crippen molar-refractivity contribution in [1.29, 1.82) is 5.26 Å². The fourth-order valence-electron chi connectivity index (χ4n) is 4.08.